The highest BCUT2D eigenvalue weighted by atomic mass is 16.8. The molecule has 0 saturated carbocycles. The SMILES string of the molecule is CCCCCCCCCCCCOC1OC1CC(C)O. The van der Waals surface area contributed by atoms with Crippen LogP contribution in [-0.2, 0) is 9.47 Å². The quantitative estimate of drug-likeness (QED) is 0.379. The Morgan fingerprint density at radius 1 is 0.950 bits per heavy atom. The van der Waals surface area contributed by atoms with Crippen LogP contribution in [0.1, 0.15) is 84.5 Å². The van der Waals surface area contributed by atoms with Crippen molar-refractivity contribution in [3.05, 3.63) is 0 Å². The lowest BCUT2D eigenvalue weighted by Crippen LogP contribution is -2.08. The molecule has 3 unspecified atom stereocenters. The summed E-state index contributed by atoms with van der Waals surface area (Å²) in [4.78, 5) is 0. The van der Waals surface area contributed by atoms with E-state index >= 15 is 0 Å². The number of aliphatic hydroxyl groups excluding tert-OH is 1. The molecule has 0 amide bonds. The lowest BCUT2D eigenvalue weighted by atomic mass is 10.1. The molecule has 1 aliphatic heterocycles. The van der Waals surface area contributed by atoms with Crippen molar-refractivity contribution in [1.82, 2.24) is 0 Å². The summed E-state index contributed by atoms with van der Waals surface area (Å²) < 4.78 is 10.9. The minimum absolute atomic E-state index is 0.0387. The van der Waals surface area contributed by atoms with Crippen LogP contribution >= 0.6 is 0 Å². The normalized spacial score (nSPS) is 22.9. The number of aliphatic hydroxyl groups is 1. The number of ether oxygens (including phenoxy) is 2. The Labute approximate surface area is 125 Å². The summed E-state index contributed by atoms with van der Waals surface area (Å²) in [7, 11) is 0. The molecule has 3 atom stereocenters. The summed E-state index contributed by atoms with van der Waals surface area (Å²) >= 11 is 0. The Morgan fingerprint density at radius 2 is 1.50 bits per heavy atom. The van der Waals surface area contributed by atoms with E-state index in [1.807, 2.05) is 0 Å². The predicted molar refractivity (Wildman–Crippen MR) is 82.8 cm³/mol. The molecule has 20 heavy (non-hydrogen) atoms. The summed E-state index contributed by atoms with van der Waals surface area (Å²) in [6, 6.07) is 0. The third-order valence-corrected chi connectivity index (χ3v) is 3.89. The van der Waals surface area contributed by atoms with Gasteiger partial charge in [0.25, 0.3) is 0 Å². The van der Waals surface area contributed by atoms with Crippen LogP contribution in [-0.4, -0.2) is 30.2 Å². The van der Waals surface area contributed by atoms with Crippen molar-refractivity contribution in [2.24, 2.45) is 0 Å². The average molecular weight is 286 g/mol. The van der Waals surface area contributed by atoms with Crippen LogP contribution in [0.4, 0.5) is 0 Å². The molecule has 3 heteroatoms. The van der Waals surface area contributed by atoms with Gasteiger partial charge in [-0.2, -0.15) is 0 Å². The molecule has 0 aromatic heterocycles. The van der Waals surface area contributed by atoms with Gasteiger partial charge in [0, 0.05) is 13.0 Å². The van der Waals surface area contributed by atoms with Crippen LogP contribution in [0.2, 0.25) is 0 Å². The molecule has 0 radical (unpaired) electrons. The molecule has 0 aromatic rings. The number of unbranched alkanes of at least 4 members (excludes halogenated alkanes) is 9. The molecular weight excluding hydrogens is 252 g/mol. The van der Waals surface area contributed by atoms with E-state index < -0.39 is 0 Å². The Bertz CT molecular complexity index is 218. The lowest BCUT2D eigenvalue weighted by Gasteiger charge is -2.03. The molecule has 1 rings (SSSR count). The fraction of sp³-hybridized carbons (Fsp3) is 1.00. The number of hydrogen-bond donors (Lipinski definition) is 1. The first-order valence-corrected chi connectivity index (χ1v) is 8.69. The van der Waals surface area contributed by atoms with E-state index in [2.05, 4.69) is 6.92 Å². The number of hydrogen-bond acceptors (Lipinski definition) is 3. The monoisotopic (exact) mass is 286 g/mol. The van der Waals surface area contributed by atoms with Gasteiger partial charge in [0.1, 0.15) is 6.10 Å². The van der Waals surface area contributed by atoms with Crippen molar-refractivity contribution in [3.63, 3.8) is 0 Å². The first-order valence-electron chi connectivity index (χ1n) is 8.69. The molecular formula is C17H34O3. The summed E-state index contributed by atoms with van der Waals surface area (Å²) in [6.45, 7) is 4.86. The molecule has 1 saturated heterocycles. The molecule has 1 fully saturated rings. The third-order valence-electron chi connectivity index (χ3n) is 3.89. The van der Waals surface area contributed by atoms with Crippen molar-refractivity contribution in [3.8, 4) is 0 Å². The maximum Gasteiger partial charge on any atom is 0.184 e. The fourth-order valence-corrected chi connectivity index (χ4v) is 2.57. The van der Waals surface area contributed by atoms with Crippen LogP contribution in [0.25, 0.3) is 0 Å². The van der Waals surface area contributed by atoms with Crippen molar-refractivity contribution in [2.75, 3.05) is 6.61 Å². The van der Waals surface area contributed by atoms with Crippen LogP contribution < -0.4 is 0 Å². The van der Waals surface area contributed by atoms with E-state index in [4.69, 9.17) is 9.47 Å². The minimum Gasteiger partial charge on any atom is -0.393 e. The molecule has 0 aliphatic carbocycles. The zero-order chi connectivity index (χ0) is 14.6. The standard InChI is InChI=1S/C17H34O3/c1-3-4-5-6-7-8-9-10-11-12-13-19-17-16(20-17)14-15(2)18/h15-18H,3-14H2,1-2H3. The maximum atomic E-state index is 9.21. The molecule has 3 nitrogen and oxygen atoms in total. The van der Waals surface area contributed by atoms with Crippen LogP contribution in [0.3, 0.4) is 0 Å². The minimum atomic E-state index is -0.286. The van der Waals surface area contributed by atoms with E-state index in [-0.39, 0.29) is 18.5 Å². The summed E-state index contributed by atoms with van der Waals surface area (Å²) in [5.41, 5.74) is 0. The molecule has 1 aliphatic rings. The van der Waals surface area contributed by atoms with Crippen molar-refractivity contribution in [1.29, 1.82) is 0 Å². The Balaban J connectivity index is 1.71. The van der Waals surface area contributed by atoms with Crippen LogP contribution in [0, 0.1) is 0 Å². The van der Waals surface area contributed by atoms with Gasteiger partial charge in [0.05, 0.1) is 6.10 Å². The Kier molecular flexibility index (Phi) is 10.3. The smallest absolute Gasteiger partial charge is 0.184 e. The summed E-state index contributed by atoms with van der Waals surface area (Å²) in [5, 5.41) is 9.21. The van der Waals surface area contributed by atoms with Gasteiger partial charge >= 0.3 is 0 Å². The van der Waals surface area contributed by atoms with Gasteiger partial charge in [0.2, 0.25) is 0 Å². The molecule has 0 spiro atoms. The van der Waals surface area contributed by atoms with Gasteiger partial charge in [-0.25, -0.2) is 0 Å². The second-order valence-corrected chi connectivity index (χ2v) is 6.18. The van der Waals surface area contributed by atoms with Gasteiger partial charge in [-0.05, 0) is 13.3 Å². The largest absolute Gasteiger partial charge is 0.393 e. The molecule has 120 valence electrons. The molecule has 0 aromatic carbocycles. The molecule has 1 N–H and O–H groups in total. The van der Waals surface area contributed by atoms with Crippen LogP contribution in [0.15, 0.2) is 0 Å². The van der Waals surface area contributed by atoms with Gasteiger partial charge in [0.15, 0.2) is 6.29 Å². The molecule has 1 heterocycles. The van der Waals surface area contributed by atoms with Crippen molar-refractivity contribution < 1.29 is 14.6 Å². The van der Waals surface area contributed by atoms with E-state index in [0.717, 1.165) is 13.0 Å². The van der Waals surface area contributed by atoms with Gasteiger partial charge in [-0.15, -0.1) is 0 Å². The first kappa shape index (κ1) is 17.9. The predicted octanol–water partition coefficient (Wildman–Crippen LogP) is 4.42. The van der Waals surface area contributed by atoms with E-state index in [1.165, 1.54) is 57.8 Å². The van der Waals surface area contributed by atoms with Gasteiger partial charge in [-0.3, -0.25) is 0 Å². The third kappa shape index (κ3) is 9.73. The highest BCUT2D eigenvalue weighted by molar-refractivity contribution is 4.78. The van der Waals surface area contributed by atoms with Crippen LogP contribution in [0.5, 0.6) is 0 Å². The Morgan fingerprint density at radius 3 is 2.05 bits per heavy atom. The highest BCUT2D eigenvalue weighted by Crippen LogP contribution is 2.27. The molecule has 0 bridgehead atoms. The first-order chi connectivity index (χ1) is 9.74. The summed E-state index contributed by atoms with van der Waals surface area (Å²) in [5.74, 6) is 0. The van der Waals surface area contributed by atoms with Crippen molar-refractivity contribution >= 4 is 0 Å². The average Bonchev–Trinajstić information content (AvgIpc) is 3.13. The van der Waals surface area contributed by atoms with Gasteiger partial charge in [-0.1, -0.05) is 64.7 Å². The zero-order valence-electron chi connectivity index (χ0n) is 13.5. The second-order valence-electron chi connectivity index (χ2n) is 6.18. The highest BCUT2D eigenvalue weighted by Gasteiger charge is 2.40. The van der Waals surface area contributed by atoms with E-state index in [0.29, 0.717) is 6.42 Å². The lowest BCUT2D eigenvalue weighted by molar-refractivity contribution is 0.0477. The zero-order valence-corrected chi connectivity index (χ0v) is 13.5. The topological polar surface area (TPSA) is 42.0 Å². The van der Waals surface area contributed by atoms with E-state index in [1.54, 1.807) is 6.92 Å². The number of epoxide rings is 1. The van der Waals surface area contributed by atoms with E-state index in [9.17, 15) is 5.11 Å². The Hall–Kier alpha value is -0.120. The second kappa shape index (κ2) is 11.5. The maximum absolute atomic E-state index is 9.21. The van der Waals surface area contributed by atoms with Crippen molar-refractivity contribution in [2.45, 2.75) is 103 Å². The van der Waals surface area contributed by atoms with Gasteiger partial charge < -0.3 is 14.6 Å². The number of rotatable bonds is 14. The fourth-order valence-electron chi connectivity index (χ4n) is 2.57. The summed E-state index contributed by atoms with van der Waals surface area (Å²) in [6.07, 6.45) is 14.0.